The molecule has 2 fully saturated rings. The van der Waals surface area contributed by atoms with Crippen molar-refractivity contribution in [1.29, 1.82) is 0 Å². The summed E-state index contributed by atoms with van der Waals surface area (Å²) in [5, 5.41) is 8.97. The van der Waals surface area contributed by atoms with Crippen molar-refractivity contribution in [2.24, 2.45) is 0 Å². The lowest BCUT2D eigenvalue weighted by Crippen LogP contribution is -2.48. The smallest absolute Gasteiger partial charge is 0.246 e. The van der Waals surface area contributed by atoms with Crippen LogP contribution in [0.1, 0.15) is 31.2 Å². The fourth-order valence-electron chi connectivity index (χ4n) is 4.34. The summed E-state index contributed by atoms with van der Waals surface area (Å²) in [5.41, 5.74) is 0.888. The molecule has 176 valence electrons. The van der Waals surface area contributed by atoms with Gasteiger partial charge in [0.2, 0.25) is 5.91 Å². The van der Waals surface area contributed by atoms with Gasteiger partial charge in [0.05, 0.1) is 14.2 Å². The third kappa shape index (κ3) is 5.74. The summed E-state index contributed by atoms with van der Waals surface area (Å²) in [4.78, 5) is 19.1. The number of nitrogens with zero attached hydrogens (tertiary/aromatic N) is 5. The van der Waals surface area contributed by atoms with Gasteiger partial charge < -0.3 is 24.2 Å². The molecule has 2 aliphatic heterocycles. The Labute approximate surface area is 195 Å². The van der Waals surface area contributed by atoms with Crippen LogP contribution in [0.4, 0.5) is 11.6 Å². The number of ether oxygens (including phenoxy) is 2. The minimum Gasteiger partial charge on any atom is -0.493 e. The Balaban J connectivity index is 1.30. The third-order valence-electron chi connectivity index (χ3n) is 6.31. The van der Waals surface area contributed by atoms with Gasteiger partial charge in [0.15, 0.2) is 23.1 Å². The average Bonchev–Trinajstić information content (AvgIpc) is 3.17. The Bertz CT molecular complexity index is 947. The van der Waals surface area contributed by atoms with Crippen molar-refractivity contribution in [1.82, 2.24) is 15.1 Å². The maximum absolute atomic E-state index is 12.7. The second-order valence-corrected chi connectivity index (χ2v) is 8.41. The van der Waals surface area contributed by atoms with Crippen molar-refractivity contribution >= 4 is 23.6 Å². The van der Waals surface area contributed by atoms with Gasteiger partial charge in [-0.25, -0.2) is 0 Å². The zero-order valence-corrected chi connectivity index (χ0v) is 19.6. The van der Waals surface area contributed by atoms with E-state index in [1.165, 1.54) is 25.7 Å². The minimum absolute atomic E-state index is 0.00651. The Kier molecular flexibility index (Phi) is 7.65. The number of amides is 1. The Morgan fingerprint density at radius 1 is 0.788 bits per heavy atom. The molecule has 2 aliphatic rings. The average molecular weight is 452 g/mol. The van der Waals surface area contributed by atoms with Gasteiger partial charge in [0, 0.05) is 45.3 Å². The van der Waals surface area contributed by atoms with Gasteiger partial charge in [0.1, 0.15) is 0 Å². The molecule has 0 radical (unpaired) electrons. The number of piperazine rings is 1. The zero-order valence-electron chi connectivity index (χ0n) is 19.6. The molecule has 1 aromatic carbocycles. The van der Waals surface area contributed by atoms with E-state index in [0.29, 0.717) is 24.6 Å². The maximum atomic E-state index is 12.7. The van der Waals surface area contributed by atoms with Gasteiger partial charge in [-0.1, -0.05) is 18.9 Å². The fraction of sp³-hybridized carbons (Fsp3) is 0.480. The first-order valence-corrected chi connectivity index (χ1v) is 11.7. The summed E-state index contributed by atoms with van der Waals surface area (Å²) >= 11 is 0. The number of benzene rings is 1. The molecule has 0 aliphatic carbocycles. The summed E-state index contributed by atoms with van der Waals surface area (Å²) in [6, 6.07) is 9.73. The predicted molar refractivity (Wildman–Crippen MR) is 130 cm³/mol. The zero-order chi connectivity index (χ0) is 23.0. The van der Waals surface area contributed by atoms with E-state index in [-0.39, 0.29) is 5.91 Å². The molecule has 33 heavy (non-hydrogen) atoms. The first-order chi connectivity index (χ1) is 16.2. The largest absolute Gasteiger partial charge is 0.493 e. The van der Waals surface area contributed by atoms with Gasteiger partial charge in [-0.2, -0.15) is 0 Å². The number of carbonyl (C=O) groups excluding carboxylic acids is 1. The van der Waals surface area contributed by atoms with Crippen LogP contribution in [-0.2, 0) is 4.79 Å². The Morgan fingerprint density at radius 2 is 1.39 bits per heavy atom. The molecule has 0 unspecified atom stereocenters. The van der Waals surface area contributed by atoms with Crippen molar-refractivity contribution in [3.8, 4) is 11.5 Å². The van der Waals surface area contributed by atoms with Crippen LogP contribution in [-0.4, -0.2) is 74.5 Å². The van der Waals surface area contributed by atoms with E-state index in [4.69, 9.17) is 9.47 Å². The molecule has 8 nitrogen and oxygen atoms in total. The van der Waals surface area contributed by atoms with Gasteiger partial charge >= 0.3 is 0 Å². The molecule has 2 aromatic rings. The molecule has 0 N–H and O–H groups in total. The van der Waals surface area contributed by atoms with Gasteiger partial charge in [-0.05, 0) is 48.7 Å². The molecule has 3 heterocycles. The number of hydrogen-bond donors (Lipinski definition) is 0. The molecular weight excluding hydrogens is 418 g/mol. The topological polar surface area (TPSA) is 71.0 Å². The van der Waals surface area contributed by atoms with Crippen LogP contribution in [0.5, 0.6) is 11.5 Å². The predicted octanol–water partition coefficient (Wildman–Crippen LogP) is 3.24. The summed E-state index contributed by atoms with van der Waals surface area (Å²) in [6.45, 7) is 4.92. The molecular formula is C25H33N5O3. The van der Waals surface area contributed by atoms with E-state index < -0.39 is 0 Å². The van der Waals surface area contributed by atoms with Gasteiger partial charge in [0.25, 0.3) is 0 Å². The Morgan fingerprint density at radius 3 is 1.97 bits per heavy atom. The highest BCUT2D eigenvalue weighted by Crippen LogP contribution is 2.28. The number of methoxy groups -OCH3 is 2. The van der Waals surface area contributed by atoms with Crippen LogP contribution in [0.25, 0.3) is 6.08 Å². The lowest BCUT2D eigenvalue weighted by Gasteiger charge is -2.34. The molecule has 0 bridgehead atoms. The van der Waals surface area contributed by atoms with Crippen LogP contribution >= 0.6 is 0 Å². The SMILES string of the molecule is COc1ccc(/C=C/C(=O)N2CCN(c3ccc(N4CCCCCC4)nn3)CC2)cc1OC. The Hall–Kier alpha value is -3.29. The number of anilines is 2. The van der Waals surface area contributed by atoms with E-state index in [9.17, 15) is 4.79 Å². The van der Waals surface area contributed by atoms with Crippen LogP contribution in [0.3, 0.4) is 0 Å². The highest BCUT2D eigenvalue weighted by Gasteiger charge is 2.21. The molecule has 0 spiro atoms. The van der Waals surface area contributed by atoms with Crippen molar-refractivity contribution in [2.45, 2.75) is 25.7 Å². The van der Waals surface area contributed by atoms with E-state index in [2.05, 4.69) is 32.1 Å². The second kappa shape index (κ2) is 11.0. The van der Waals surface area contributed by atoms with Crippen molar-refractivity contribution < 1.29 is 14.3 Å². The van der Waals surface area contributed by atoms with E-state index in [1.807, 2.05) is 29.2 Å². The fourth-order valence-corrected chi connectivity index (χ4v) is 4.34. The van der Waals surface area contributed by atoms with E-state index in [0.717, 1.165) is 43.4 Å². The number of carbonyl (C=O) groups is 1. The van der Waals surface area contributed by atoms with Crippen molar-refractivity contribution in [2.75, 3.05) is 63.3 Å². The van der Waals surface area contributed by atoms with Gasteiger partial charge in [-0.3, -0.25) is 4.79 Å². The molecule has 1 aromatic heterocycles. The summed E-state index contributed by atoms with van der Waals surface area (Å²) in [7, 11) is 3.20. The monoisotopic (exact) mass is 451 g/mol. The number of rotatable bonds is 6. The normalized spacial score (nSPS) is 17.2. The lowest BCUT2D eigenvalue weighted by molar-refractivity contribution is -0.126. The third-order valence-corrected chi connectivity index (χ3v) is 6.31. The second-order valence-electron chi connectivity index (χ2n) is 8.41. The van der Waals surface area contributed by atoms with Crippen LogP contribution < -0.4 is 19.3 Å². The molecule has 4 rings (SSSR count). The summed E-state index contributed by atoms with van der Waals surface area (Å²) < 4.78 is 10.6. The number of hydrogen-bond acceptors (Lipinski definition) is 7. The summed E-state index contributed by atoms with van der Waals surface area (Å²) in [6.07, 6.45) is 8.47. The minimum atomic E-state index is 0.00651. The summed E-state index contributed by atoms with van der Waals surface area (Å²) in [5.74, 6) is 3.16. The number of aromatic nitrogens is 2. The molecule has 0 saturated carbocycles. The van der Waals surface area contributed by atoms with E-state index in [1.54, 1.807) is 20.3 Å². The highest BCUT2D eigenvalue weighted by molar-refractivity contribution is 5.92. The molecule has 8 heteroatoms. The molecule has 0 atom stereocenters. The van der Waals surface area contributed by atoms with Gasteiger partial charge in [-0.15, -0.1) is 10.2 Å². The first kappa shape index (κ1) is 22.9. The van der Waals surface area contributed by atoms with Crippen molar-refractivity contribution in [3.05, 3.63) is 42.0 Å². The maximum Gasteiger partial charge on any atom is 0.246 e. The quantitative estimate of drug-likeness (QED) is 0.625. The molecule has 1 amide bonds. The molecule has 2 saturated heterocycles. The van der Waals surface area contributed by atoms with E-state index >= 15 is 0 Å². The van der Waals surface area contributed by atoms with Crippen LogP contribution in [0.15, 0.2) is 36.4 Å². The van der Waals surface area contributed by atoms with Crippen LogP contribution in [0.2, 0.25) is 0 Å². The standard InChI is InChI=1S/C25H33N5O3/c1-32-21-9-7-20(19-22(21)33-2)8-12-25(31)30-17-15-29(16-18-30)24-11-10-23(26-27-24)28-13-5-3-4-6-14-28/h7-12,19H,3-6,13-18H2,1-2H3/b12-8+. The van der Waals surface area contributed by atoms with Crippen LogP contribution in [0, 0.1) is 0 Å². The first-order valence-electron chi connectivity index (χ1n) is 11.7. The van der Waals surface area contributed by atoms with Crippen molar-refractivity contribution in [3.63, 3.8) is 0 Å². The lowest BCUT2D eigenvalue weighted by atomic mass is 10.2. The highest BCUT2D eigenvalue weighted by atomic mass is 16.5.